The van der Waals surface area contributed by atoms with Crippen LogP contribution in [0, 0.1) is 0 Å². The van der Waals surface area contributed by atoms with E-state index < -0.39 is 0 Å². The second-order valence-corrected chi connectivity index (χ2v) is 18.6. The molecular weight excluding hydrogens is 625 g/mol. The summed E-state index contributed by atoms with van der Waals surface area (Å²) in [7, 11) is 0. The van der Waals surface area contributed by atoms with Crippen molar-refractivity contribution in [2.24, 2.45) is 0 Å². The van der Waals surface area contributed by atoms with Crippen molar-refractivity contribution in [2.75, 3.05) is 0 Å². The van der Waals surface area contributed by atoms with E-state index in [4.69, 9.17) is 0 Å². The second-order valence-electron chi connectivity index (χ2n) is 18.6. The second kappa shape index (κ2) is 16.7. The summed E-state index contributed by atoms with van der Waals surface area (Å²) in [6.07, 6.45) is 36.7. The van der Waals surface area contributed by atoms with E-state index in [-0.39, 0.29) is 0 Å². The molecule has 0 radical (unpaired) electrons. The SMILES string of the molecule is CCCC1(CCC)CCC(CCC)(CCC)c2cc3c(cc21)CC=C3CCC1=CCc2cc3c(cc21)C(CCC)(CCC)CCC3(CCC)CCC. The molecule has 0 unspecified atom stereocenters. The van der Waals surface area contributed by atoms with Gasteiger partial charge < -0.3 is 0 Å². The first-order valence-corrected chi connectivity index (χ1v) is 23.0. The van der Waals surface area contributed by atoms with E-state index in [1.807, 2.05) is 0 Å². The molecule has 0 heterocycles. The fourth-order valence-electron chi connectivity index (χ4n) is 13.3. The zero-order valence-corrected chi connectivity index (χ0v) is 35.4. The van der Waals surface area contributed by atoms with Crippen molar-refractivity contribution in [1.29, 1.82) is 0 Å². The van der Waals surface area contributed by atoms with Crippen molar-refractivity contribution < 1.29 is 0 Å². The first-order valence-electron chi connectivity index (χ1n) is 23.0. The van der Waals surface area contributed by atoms with Gasteiger partial charge in [0.1, 0.15) is 0 Å². The Bertz CT molecular complexity index is 1450. The molecule has 0 N–H and O–H groups in total. The van der Waals surface area contributed by atoms with Crippen LogP contribution in [-0.2, 0) is 34.5 Å². The van der Waals surface area contributed by atoms with Crippen LogP contribution in [0.4, 0.5) is 0 Å². The molecule has 4 aliphatic carbocycles. The summed E-state index contributed by atoms with van der Waals surface area (Å²) >= 11 is 0. The van der Waals surface area contributed by atoms with Crippen LogP contribution < -0.4 is 0 Å². The van der Waals surface area contributed by atoms with Gasteiger partial charge in [0.15, 0.2) is 0 Å². The molecule has 4 aliphatic rings. The van der Waals surface area contributed by atoms with Crippen LogP contribution in [-0.4, -0.2) is 0 Å². The molecule has 0 nitrogen and oxygen atoms in total. The molecule has 0 bridgehead atoms. The maximum absolute atomic E-state index is 2.80. The van der Waals surface area contributed by atoms with Crippen molar-refractivity contribution in [1.82, 2.24) is 0 Å². The lowest BCUT2D eigenvalue weighted by Crippen LogP contribution is -2.41. The van der Waals surface area contributed by atoms with Gasteiger partial charge in [-0.1, -0.05) is 143 Å². The summed E-state index contributed by atoms with van der Waals surface area (Å²) in [5.74, 6) is 0. The number of rotatable bonds is 19. The van der Waals surface area contributed by atoms with Crippen LogP contribution in [0.15, 0.2) is 36.4 Å². The molecule has 2 aromatic carbocycles. The van der Waals surface area contributed by atoms with Gasteiger partial charge in [-0.3, -0.25) is 0 Å². The van der Waals surface area contributed by atoms with E-state index in [0.717, 1.165) is 12.8 Å². The fourth-order valence-corrected chi connectivity index (χ4v) is 13.3. The first-order chi connectivity index (χ1) is 25.3. The van der Waals surface area contributed by atoms with E-state index in [1.54, 1.807) is 55.7 Å². The third-order valence-electron chi connectivity index (χ3n) is 15.3. The quantitative estimate of drug-likeness (QED) is 0.137. The molecule has 0 aromatic heterocycles. The van der Waals surface area contributed by atoms with Gasteiger partial charge in [0, 0.05) is 0 Å². The molecule has 0 atom stereocenters. The lowest BCUT2D eigenvalue weighted by Gasteiger charge is -2.49. The lowest BCUT2D eigenvalue weighted by atomic mass is 9.55. The van der Waals surface area contributed by atoms with Crippen LogP contribution in [0.3, 0.4) is 0 Å². The van der Waals surface area contributed by atoms with Gasteiger partial charge in [0.05, 0.1) is 0 Å². The average molecular weight is 703 g/mol. The van der Waals surface area contributed by atoms with Gasteiger partial charge in [-0.25, -0.2) is 0 Å². The van der Waals surface area contributed by atoms with E-state index in [2.05, 4.69) is 91.8 Å². The highest BCUT2D eigenvalue weighted by atomic mass is 14.5. The molecule has 286 valence electrons. The highest BCUT2D eigenvalue weighted by Gasteiger charge is 2.47. The minimum absolute atomic E-state index is 0.368. The molecule has 0 saturated heterocycles. The topological polar surface area (TPSA) is 0 Å². The van der Waals surface area contributed by atoms with Crippen molar-refractivity contribution >= 4 is 11.1 Å². The van der Waals surface area contributed by atoms with Gasteiger partial charge in [-0.2, -0.15) is 0 Å². The van der Waals surface area contributed by atoms with Crippen LogP contribution in [0.25, 0.3) is 11.1 Å². The van der Waals surface area contributed by atoms with Crippen LogP contribution >= 0.6 is 0 Å². The largest absolute Gasteiger partial charge is 0.0763 e. The zero-order valence-electron chi connectivity index (χ0n) is 35.4. The fraction of sp³-hybridized carbons (Fsp3) is 0.692. The van der Waals surface area contributed by atoms with E-state index in [0.29, 0.717) is 21.7 Å². The van der Waals surface area contributed by atoms with E-state index >= 15 is 0 Å². The number of benzene rings is 2. The van der Waals surface area contributed by atoms with Crippen LogP contribution in [0.2, 0.25) is 0 Å². The smallest absolute Gasteiger partial charge is 0.00437 e. The Labute approximate surface area is 322 Å². The Balaban J connectivity index is 1.34. The number of allylic oxidation sites excluding steroid dienone is 4. The molecular formula is C52H78. The molecule has 0 saturated carbocycles. The average Bonchev–Trinajstić information content (AvgIpc) is 3.73. The molecule has 6 rings (SSSR count). The number of hydrogen-bond donors (Lipinski definition) is 0. The maximum atomic E-state index is 2.80. The Morgan fingerprint density at radius 1 is 0.365 bits per heavy atom. The standard InChI is InChI=1S/C52H78/c1-9-23-49(24-10-2)31-33-51(27-13-5,28-14-6)47-37-43-39(19-21-41(43)35-45(47)49)17-18-40-20-22-42-36-46-48(38-44(40)42)52(29-15-7,30-16-8)34-32-50(46,25-11-3)26-12-4/h19-20,35-38H,9-18,21-34H2,1-8H3. The Kier molecular flexibility index (Phi) is 12.8. The van der Waals surface area contributed by atoms with Crippen LogP contribution in [0.1, 0.15) is 241 Å². The maximum Gasteiger partial charge on any atom is -0.00437 e. The highest BCUT2D eigenvalue weighted by molar-refractivity contribution is 5.79. The lowest BCUT2D eigenvalue weighted by molar-refractivity contribution is 0.214. The summed E-state index contributed by atoms with van der Waals surface area (Å²) in [4.78, 5) is 0. The minimum atomic E-state index is 0.368. The molecule has 0 spiro atoms. The normalized spacial score (nSPS) is 20.2. The summed E-state index contributed by atoms with van der Waals surface area (Å²) in [5, 5.41) is 0. The Morgan fingerprint density at radius 3 is 0.865 bits per heavy atom. The molecule has 0 heteroatoms. The van der Waals surface area contributed by atoms with Gasteiger partial charge >= 0.3 is 0 Å². The Hall–Kier alpha value is -2.08. The summed E-state index contributed by atoms with van der Waals surface area (Å²) in [5.41, 5.74) is 18.4. The predicted octanol–water partition coefficient (Wildman–Crippen LogP) is 16.0. The van der Waals surface area contributed by atoms with Crippen molar-refractivity contribution in [3.8, 4) is 0 Å². The van der Waals surface area contributed by atoms with Gasteiger partial charge in [0.2, 0.25) is 0 Å². The molecule has 2 aromatic rings. The van der Waals surface area contributed by atoms with Crippen molar-refractivity contribution in [3.63, 3.8) is 0 Å². The van der Waals surface area contributed by atoms with Crippen molar-refractivity contribution in [3.05, 3.63) is 80.9 Å². The van der Waals surface area contributed by atoms with Gasteiger partial charge in [-0.05, 0) is 180 Å². The third-order valence-corrected chi connectivity index (χ3v) is 15.3. The van der Waals surface area contributed by atoms with E-state index in [1.165, 1.54) is 141 Å². The first kappa shape index (κ1) is 39.6. The zero-order chi connectivity index (χ0) is 37.0. The summed E-state index contributed by atoms with van der Waals surface area (Å²) in [6.45, 7) is 19.4. The van der Waals surface area contributed by atoms with E-state index in [9.17, 15) is 0 Å². The van der Waals surface area contributed by atoms with Crippen LogP contribution in [0.5, 0.6) is 0 Å². The highest BCUT2D eigenvalue weighted by Crippen LogP contribution is 2.57. The monoisotopic (exact) mass is 703 g/mol. The number of fused-ring (bicyclic) bond motifs is 4. The third kappa shape index (κ3) is 6.98. The molecule has 0 amide bonds. The summed E-state index contributed by atoms with van der Waals surface area (Å²) in [6, 6.07) is 11.1. The Morgan fingerprint density at radius 2 is 0.615 bits per heavy atom. The molecule has 0 fully saturated rings. The summed E-state index contributed by atoms with van der Waals surface area (Å²) < 4.78 is 0. The van der Waals surface area contributed by atoms with Gasteiger partial charge in [0.25, 0.3) is 0 Å². The number of hydrogen-bond acceptors (Lipinski definition) is 0. The molecule has 0 aliphatic heterocycles. The van der Waals surface area contributed by atoms with Crippen molar-refractivity contribution in [2.45, 2.75) is 231 Å². The minimum Gasteiger partial charge on any atom is -0.0763 e. The predicted molar refractivity (Wildman–Crippen MR) is 230 cm³/mol. The van der Waals surface area contributed by atoms with Gasteiger partial charge in [-0.15, -0.1) is 0 Å². The molecule has 52 heavy (non-hydrogen) atoms.